The van der Waals surface area contributed by atoms with Crippen LogP contribution in [-0.2, 0) is 17.8 Å². The van der Waals surface area contributed by atoms with Crippen molar-refractivity contribution in [1.29, 1.82) is 0 Å². The first-order valence-electron chi connectivity index (χ1n) is 7.00. The van der Waals surface area contributed by atoms with Crippen molar-refractivity contribution >= 4 is 6.09 Å². The molecule has 0 aliphatic rings. The number of aromatic nitrogens is 3. The second kappa shape index (κ2) is 7.94. The number of amides is 1. The van der Waals surface area contributed by atoms with Gasteiger partial charge < -0.3 is 20.5 Å². The molecule has 0 fully saturated rings. The third-order valence-corrected chi connectivity index (χ3v) is 2.43. The summed E-state index contributed by atoms with van der Waals surface area (Å²) in [6.45, 7) is 8.97. The molecule has 3 N–H and O–H groups in total. The highest BCUT2D eigenvalue weighted by Gasteiger charge is 2.17. The van der Waals surface area contributed by atoms with E-state index in [1.807, 2.05) is 27.7 Å². The van der Waals surface area contributed by atoms with Crippen LogP contribution in [0.4, 0.5) is 4.79 Å². The molecule has 0 radical (unpaired) electrons. The number of nitrogens with zero attached hydrogens (tertiary/aromatic N) is 3. The van der Waals surface area contributed by atoms with E-state index in [9.17, 15) is 4.79 Å². The van der Waals surface area contributed by atoms with Gasteiger partial charge in [-0.1, -0.05) is 5.21 Å². The van der Waals surface area contributed by atoms with Gasteiger partial charge in [-0.05, 0) is 27.7 Å². The number of ether oxygens (including phenoxy) is 1. The van der Waals surface area contributed by atoms with Gasteiger partial charge in [0.15, 0.2) is 0 Å². The number of hydrogen-bond acceptors (Lipinski definition) is 6. The summed E-state index contributed by atoms with van der Waals surface area (Å²) in [5.74, 6) is 0. The number of nitrogens with one attached hydrogen (secondary N) is 2. The van der Waals surface area contributed by atoms with Crippen molar-refractivity contribution in [2.24, 2.45) is 0 Å². The summed E-state index contributed by atoms with van der Waals surface area (Å²) in [5, 5.41) is 22.6. The predicted molar refractivity (Wildman–Crippen MR) is 77.6 cm³/mol. The van der Waals surface area contributed by atoms with E-state index in [0.717, 1.165) is 5.69 Å². The Labute approximate surface area is 124 Å². The lowest BCUT2D eigenvalue weighted by Crippen LogP contribution is -2.42. The topological polar surface area (TPSA) is 101 Å². The summed E-state index contributed by atoms with van der Waals surface area (Å²) in [7, 11) is 0. The highest BCUT2D eigenvalue weighted by atomic mass is 16.6. The minimum Gasteiger partial charge on any atom is -0.444 e. The van der Waals surface area contributed by atoms with Crippen LogP contribution >= 0.6 is 0 Å². The Hall–Kier alpha value is -1.67. The van der Waals surface area contributed by atoms with Crippen molar-refractivity contribution in [3.63, 3.8) is 0 Å². The minimum absolute atomic E-state index is 0.0348. The van der Waals surface area contributed by atoms with E-state index >= 15 is 0 Å². The van der Waals surface area contributed by atoms with E-state index in [0.29, 0.717) is 19.6 Å². The van der Waals surface area contributed by atoms with Gasteiger partial charge in [-0.2, -0.15) is 0 Å². The number of aliphatic hydroxyl groups excluding tert-OH is 1. The van der Waals surface area contributed by atoms with Crippen LogP contribution < -0.4 is 10.6 Å². The molecule has 1 amide bonds. The van der Waals surface area contributed by atoms with Gasteiger partial charge in [-0.25, -0.2) is 9.48 Å². The zero-order chi connectivity index (χ0) is 15.9. The van der Waals surface area contributed by atoms with Crippen molar-refractivity contribution in [3.05, 3.63) is 11.9 Å². The van der Waals surface area contributed by atoms with Crippen molar-refractivity contribution in [2.45, 2.75) is 52.4 Å². The first kappa shape index (κ1) is 17.4. The third-order valence-electron chi connectivity index (χ3n) is 2.43. The molecule has 0 aliphatic carbocycles. The fourth-order valence-corrected chi connectivity index (χ4v) is 1.61. The molecular weight excluding hydrogens is 274 g/mol. The summed E-state index contributed by atoms with van der Waals surface area (Å²) < 4.78 is 6.76. The summed E-state index contributed by atoms with van der Waals surface area (Å²) in [4.78, 5) is 11.6. The SMILES string of the molecule is CC(CNCc1cn(CCO)nn1)NC(=O)OC(C)(C)C. The van der Waals surface area contributed by atoms with Gasteiger partial charge in [-0.15, -0.1) is 5.10 Å². The zero-order valence-corrected chi connectivity index (χ0v) is 13.1. The summed E-state index contributed by atoms with van der Waals surface area (Å²) >= 11 is 0. The van der Waals surface area contributed by atoms with E-state index in [1.165, 1.54) is 0 Å². The van der Waals surface area contributed by atoms with Gasteiger partial charge >= 0.3 is 6.09 Å². The summed E-state index contributed by atoms with van der Waals surface area (Å²) in [5.41, 5.74) is 0.288. The summed E-state index contributed by atoms with van der Waals surface area (Å²) in [6.07, 6.45) is 1.35. The molecule has 1 unspecified atom stereocenters. The molecule has 0 aromatic carbocycles. The maximum absolute atomic E-state index is 11.6. The largest absolute Gasteiger partial charge is 0.444 e. The second-order valence-corrected chi connectivity index (χ2v) is 5.87. The van der Waals surface area contributed by atoms with Crippen molar-refractivity contribution in [2.75, 3.05) is 13.2 Å². The Kier molecular flexibility index (Phi) is 6.57. The van der Waals surface area contributed by atoms with Gasteiger partial charge in [0, 0.05) is 25.3 Å². The monoisotopic (exact) mass is 299 g/mol. The van der Waals surface area contributed by atoms with Gasteiger partial charge in [-0.3, -0.25) is 0 Å². The molecule has 21 heavy (non-hydrogen) atoms. The fraction of sp³-hybridized carbons (Fsp3) is 0.769. The first-order chi connectivity index (χ1) is 9.80. The van der Waals surface area contributed by atoms with E-state index in [1.54, 1.807) is 10.9 Å². The van der Waals surface area contributed by atoms with Crippen LogP contribution in [0.25, 0.3) is 0 Å². The highest BCUT2D eigenvalue weighted by Crippen LogP contribution is 2.06. The zero-order valence-electron chi connectivity index (χ0n) is 13.1. The van der Waals surface area contributed by atoms with E-state index in [4.69, 9.17) is 9.84 Å². The van der Waals surface area contributed by atoms with Crippen molar-refractivity contribution < 1.29 is 14.6 Å². The standard InChI is InChI=1S/C13H25N5O3/c1-10(15-12(20)21-13(2,3)4)7-14-8-11-9-18(5-6-19)17-16-11/h9-10,14,19H,5-8H2,1-4H3,(H,15,20). The number of aliphatic hydroxyl groups is 1. The highest BCUT2D eigenvalue weighted by molar-refractivity contribution is 5.68. The Morgan fingerprint density at radius 1 is 1.52 bits per heavy atom. The molecule has 0 spiro atoms. The fourth-order valence-electron chi connectivity index (χ4n) is 1.61. The second-order valence-electron chi connectivity index (χ2n) is 5.87. The number of hydrogen-bond donors (Lipinski definition) is 3. The lowest BCUT2D eigenvalue weighted by atomic mass is 10.2. The molecule has 8 nitrogen and oxygen atoms in total. The average Bonchev–Trinajstić information content (AvgIpc) is 2.74. The van der Waals surface area contributed by atoms with Crippen molar-refractivity contribution in [1.82, 2.24) is 25.6 Å². The maximum atomic E-state index is 11.6. The van der Waals surface area contributed by atoms with E-state index < -0.39 is 11.7 Å². The van der Waals surface area contributed by atoms with E-state index in [-0.39, 0.29) is 12.6 Å². The normalized spacial score (nSPS) is 13.0. The predicted octanol–water partition coefficient (Wildman–Crippen LogP) is 0.273. The Bertz CT molecular complexity index is 441. The van der Waals surface area contributed by atoms with Crippen LogP contribution in [0.5, 0.6) is 0 Å². The molecule has 0 aliphatic heterocycles. The number of alkyl carbamates (subject to hydrolysis) is 1. The average molecular weight is 299 g/mol. The van der Waals surface area contributed by atoms with Gasteiger partial charge in [0.25, 0.3) is 0 Å². The Morgan fingerprint density at radius 3 is 2.86 bits per heavy atom. The van der Waals surface area contributed by atoms with Gasteiger partial charge in [0.2, 0.25) is 0 Å². The van der Waals surface area contributed by atoms with E-state index in [2.05, 4.69) is 20.9 Å². The van der Waals surface area contributed by atoms with Gasteiger partial charge in [0.1, 0.15) is 5.60 Å². The third kappa shape index (κ3) is 7.62. The minimum atomic E-state index is -0.498. The van der Waals surface area contributed by atoms with Crippen LogP contribution in [0.3, 0.4) is 0 Å². The lowest BCUT2D eigenvalue weighted by Gasteiger charge is -2.22. The number of carbonyl (C=O) groups is 1. The van der Waals surface area contributed by atoms with Crippen LogP contribution in [0.15, 0.2) is 6.20 Å². The molecule has 0 saturated carbocycles. The molecule has 0 bridgehead atoms. The van der Waals surface area contributed by atoms with Crippen LogP contribution in [0.1, 0.15) is 33.4 Å². The molecule has 1 atom stereocenters. The quantitative estimate of drug-likeness (QED) is 0.668. The molecule has 1 aromatic heterocycles. The number of rotatable bonds is 7. The molecule has 0 saturated heterocycles. The van der Waals surface area contributed by atoms with Crippen LogP contribution in [0, 0.1) is 0 Å². The van der Waals surface area contributed by atoms with Crippen LogP contribution in [-0.4, -0.2) is 51.0 Å². The molecule has 120 valence electrons. The van der Waals surface area contributed by atoms with Crippen LogP contribution in [0.2, 0.25) is 0 Å². The maximum Gasteiger partial charge on any atom is 0.407 e. The molecule has 1 rings (SSSR count). The Balaban J connectivity index is 2.23. The summed E-state index contributed by atoms with van der Waals surface area (Å²) in [6, 6.07) is -0.0627. The van der Waals surface area contributed by atoms with Crippen molar-refractivity contribution in [3.8, 4) is 0 Å². The molecule has 1 heterocycles. The smallest absolute Gasteiger partial charge is 0.407 e. The molecule has 8 heteroatoms. The Morgan fingerprint density at radius 2 is 2.24 bits per heavy atom. The number of carbonyl (C=O) groups excluding carboxylic acids is 1. The first-order valence-corrected chi connectivity index (χ1v) is 7.00. The lowest BCUT2D eigenvalue weighted by molar-refractivity contribution is 0.0508. The molecular formula is C13H25N5O3. The molecule has 1 aromatic rings. The van der Waals surface area contributed by atoms with Gasteiger partial charge in [0.05, 0.1) is 18.8 Å².